The van der Waals surface area contributed by atoms with E-state index in [0.717, 1.165) is 24.7 Å². The van der Waals surface area contributed by atoms with Gasteiger partial charge in [0, 0.05) is 11.5 Å². The Bertz CT molecular complexity index is 556. The van der Waals surface area contributed by atoms with E-state index in [1.807, 2.05) is 6.07 Å². The number of aryl methyl sites for hydroxylation is 1. The van der Waals surface area contributed by atoms with Crippen molar-refractivity contribution in [1.82, 2.24) is 0 Å². The second-order valence-corrected chi connectivity index (χ2v) is 5.18. The predicted octanol–water partition coefficient (Wildman–Crippen LogP) is 4.52. The summed E-state index contributed by atoms with van der Waals surface area (Å²) in [6.45, 7) is 4.28. The van der Waals surface area contributed by atoms with E-state index >= 15 is 0 Å². The summed E-state index contributed by atoms with van der Waals surface area (Å²) in [6, 6.07) is 17.3. The topological polar surface area (TPSA) is 9.23 Å². The predicted molar refractivity (Wildman–Crippen MR) is 78.3 cm³/mol. The Balaban J connectivity index is 1.82. The maximum atomic E-state index is 5.85. The van der Waals surface area contributed by atoms with Crippen LogP contribution in [0.15, 0.2) is 48.5 Å². The van der Waals surface area contributed by atoms with Crippen LogP contribution in [-0.4, -0.2) is 0 Å². The number of ether oxygens (including phenoxy) is 1. The fourth-order valence-electron chi connectivity index (χ4n) is 2.73. The fourth-order valence-corrected chi connectivity index (χ4v) is 2.73. The van der Waals surface area contributed by atoms with Gasteiger partial charge in [-0.2, -0.15) is 0 Å². The van der Waals surface area contributed by atoms with Crippen molar-refractivity contribution in [2.45, 2.75) is 32.6 Å². The van der Waals surface area contributed by atoms with Crippen LogP contribution < -0.4 is 4.74 Å². The molecule has 3 rings (SSSR count). The molecule has 1 heteroatoms. The first-order chi connectivity index (χ1) is 9.28. The average Bonchev–Trinajstić information content (AvgIpc) is 2.76. The zero-order valence-corrected chi connectivity index (χ0v) is 11.5. The fraction of sp³-hybridized carbons (Fsp3) is 0.278. The van der Waals surface area contributed by atoms with Gasteiger partial charge in [0.25, 0.3) is 0 Å². The highest BCUT2D eigenvalue weighted by Crippen LogP contribution is 2.43. The SMILES string of the molecule is CCc1ccc(CC2[C](C)Oc3ccccc32)cc1. The number of hydrogen-bond acceptors (Lipinski definition) is 1. The minimum Gasteiger partial charge on any atom is -0.482 e. The Morgan fingerprint density at radius 3 is 2.37 bits per heavy atom. The lowest BCUT2D eigenvalue weighted by molar-refractivity contribution is 0.336. The third-order valence-electron chi connectivity index (χ3n) is 3.93. The monoisotopic (exact) mass is 251 g/mol. The number of hydrogen-bond donors (Lipinski definition) is 0. The summed E-state index contributed by atoms with van der Waals surface area (Å²) in [6.07, 6.45) is 3.23. The molecular formula is C18H19O. The van der Waals surface area contributed by atoms with Gasteiger partial charge in [-0.1, -0.05) is 49.4 Å². The summed E-state index contributed by atoms with van der Waals surface area (Å²) in [4.78, 5) is 0. The van der Waals surface area contributed by atoms with Gasteiger partial charge in [0.05, 0.1) is 0 Å². The minimum atomic E-state index is 0.392. The largest absolute Gasteiger partial charge is 0.482 e. The summed E-state index contributed by atoms with van der Waals surface area (Å²) < 4.78 is 5.85. The van der Waals surface area contributed by atoms with Gasteiger partial charge in [0.2, 0.25) is 0 Å². The van der Waals surface area contributed by atoms with E-state index in [1.54, 1.807) is 0 Å². The van der Waals surface area contributed by atoms with Crippen molar-refractivity contribution >= 4 is 0 Å². The van der Waals surface area contributed by atoms with E-state index < -0.39 is 0 Å². The molecule has 1 unspecified atom stereocenters. The molecule has 1 radical (unpaired) electrons. The molecule has 0 N–H and O–H groups in total. The second kappa shape index (κ2) is 5.08. The van der Waals surface area contributed by atoms with Crippen molar-refractivity contribution in [2.75, 3.05) is 0 Å². The second-order valence-electron chi connectivity index (χ2n) is 5.18. The standard InChI is InChI=1S/C18H19O/c1-3-14-8-10-15(11-9-14)12-17-13(2)19-18-7-5-4-6-16(17)18/h4-11,17H,3,12H2,1-2H3. The molecule has 0 bridgehead atoms. The molecule has 0 spiro atoms. The molecule has 97 valence electrons. The summed E-state index contributed by atoms with van der Waals surface area (Å²) >= 11 is 0. The molecule has 0 saturated heterocycles. The Labute approximate surface area is 115 Å². The molecule has 19 heavy (non-hydrogen) atoms. The van der Waals surface area contributed by atoms with Gasteiger partial charge in [0.1, 0.15) is 5.75 Å². The summed E-state index contributed by atoms with van der Waals surface area (Å²) in [7, 11) is 0. The van der Waals surface area contributed by atoms with Gasteiger partial charge in [0.15, 0.2) is 6.10 Å². The van der Waals surface area contributed by atoms with E-state index in [1.165, 1.54) is 16.7 Å². The summed E-state index contributed by atoms with van der Waals surface area (Å²) in [5.41, 5.74) is 4.09. The maximum absolute atomic E-state index is 5.85. The van der Waals surface area contributed by atoms with Gasteiger partial charge in [-0.3, -0.25) is 0 Å². The molecule has 0 amide bonds. The molecule has 2 aromatic carbocycles. The molecule has 1 aliphatic heterocycles. The highest BCUT2D eigenvalue weighted by atomic mass is 16.5. The molecule has 1 aliphatic rings. The number of para-hydroxylation sites is 1. The van der Waals surface area contributed by atoms with Crippen molar-refractivity contribution in [2.24, 2.45) is 0 Å². The molecule has 0 aromatic heterocycles. The summed E-state index contributed by atoms with van der Waals surface area (Å²) in [5.74, 6) is 1.42. The third kappa shape index (κ3) is 2.37. The molecule has 0 aliphatic carbocycles. The van der Waals surface area contributed by atoms with E-state index in [0.29, 0.717) is 5.92 Å². The van der Waals surface area contributed by atoms with Gasteiger partial charge in [-0.25, -0.2) is 0 Å². The van der Waals surface area contributed by atoms with Gasteiger partial charge in [-0.05, 0) is 37.0 Å². The van der Waals surface area contributed by atoms with E-state index in [4.69, 9.17) is 4.74 Å². The van der Waals surface area contributed by atoms with Crippen LogP contribution in [-0.2, 0) is 12.8 Å². The lowest BCUT2D eigenvalue weighted by atomic mass is 9.89. The smallest absolute Gasteiger partial charge is 0.153 e. The quantitative estimate of drug-likeness (QED) is 0.779. The molecular weight excluding hydrogens is 232 g/mol. The molecule has 1 nitrogen and oxygen atoms in total. The first-order valence-corrected chi connectivity index (χ1v) is 6.96. The lowest BCUT2D eigenvalue weighted by Crippen LogP contribution is -2.08. The van der Waals surface area contributed by atoms with Gasteiger partial charge >= 0.3 is 0 Å². The highest BCUT2D eigenvalue weighted by Gasteiger charge is 2.31. The Morgan fingerprint density at radius 2 is 1.63 bits per heavy atom. The lowest BCUT2D eigenvalue weighted by Gasteiger charge is -2.14. The zero-order valence-electron chi connectivity index (χ0n) is 11.5. The van der Waals surface area contributed by atoms with Crippen molar-refractivity contribution in [1.29, 1.82) is 0 Å². The van der Waals surface area contributed by atoms with Crippen LogP contribution in [0.5, 0.6) is 5.75 Å². The molecule has 1 atom stereocenters. The Morgan fingerprint density at radius 1 is 0.947 bits per heavy atom. The van der Waals surface area contributed by atoms with Crippen LogP contribution in [0.25, 0.3) is 0 Å². The average molecular weight is 251 g/mol. The van der Waals surface area contributed by atoms with Crippen molar-refractivity contribution in [3.05, 3.63) is 71.3 Å². The Kier molecular flexibility index (Phi) is 3.29. The van der Waals surface area contributed by atoms with Crippen LogP contribution in [0.3, 0.4) is 0 Å². The van der Waals surface area contributed by atoms with Crippen LogP contribution >= 0.6 is 0 Å². The first-order valence-electron chi connectivity index (χ1n) is 6.96. The van der Waals surface area contributed by atoms with Crippen molar-refractivity contribution < 1.29 is 4.74 Å². The van der Waals surface area contributed by atoms with Crippen LogP contribution in [0.1, 0.15) is 36.5 Å². The molecule has 0 fully saturated rings. The van der Waals surface area contributed by atoms with Crippen LogP contribution in [0.2, 0.25) is 0 Å². The highest BCUT2D eigenvalue weighted by molar-refractivity contribution is 5.45. The zero-order chi connectivity index (χ0) is 13.2. The van der Waals surface area contributed by atoms with Gasteiger partial charge < -0.3 is 4.74 Å². The summed E-state index contributed by atoms with van der Waals surface area (Å²) in [5, 5.41) is 0. The van der Waals surface area contributed by atoms with Crippen molar-refractivity contribution in [3.8, 4) is 5.75 Å². The number of rotatable bonds is 3. The maximum Gasteiger partial charge on any atom is 0.153 e. The van der Waals surface area contributed by atoms with E-state index in [9.17, 15) is 0 Å². The van der Waals surface area contributed by atoms with Crippen LogP contribution in [0, 0.1) is 6.10 Å². The molecule has 0 saturated carbocycles. The van der Waals surface area contributed by atoms with E-state index in [-0.39, 0.29) is 0 Å². The molecule has 2 aromatic rings. The molecule has 1 heterocycles. The first kappa shape index (κ1) is 12.3. The normalized spacial score (nSPS) is 18.1. The van der Waals surface area contributed by atoms with Crippen LogP contribution in [0.4, 0.5) is 0 Å². The number of fused-ring (bicyclic) bond motifs is 1. The Hall–Kier alpha value is -1.76. The third-order valence-corrected chi connectivity index (χ3v) is 3.93. The van der Waals surface area contributed by atoms with Gasteiger partial charge in [-0.15, -0.1) is 0 Å². The number of benzene rings is 2. The van der Waals surface area contributed by atoms with Crippen molar-refractivity contribution in [3.63, 3.8) is 0 Å². The minimum absolute atomic E-state index is 0.392. The van der Waals surface area contributed by atoms with E-state index in [2.05, 4.69) is 56.3 Å².